The van der Waals surface area contributed by atoms with E-state index in [0.717, 1.165) is 24.2 Å². The van der Waals surface area contributed by atoms with Crippen molar-refractivity contribution < 1.29 is 24.2 Å². The molecule has 0 atom stereocenters. The van der Waals surface area contributed by atoms with Crippen LogP contribution in [-0.2, 0) is 14.9 Å². The van der Waals surface area contributed by atoms with Gasteiger partial charge in [0.15, 0.2) is 0 Å². The highest BCUT2D eigenvalue weighted by Gasteiger charge is 2.34. The smallest absolute Gasteiger partial charge is 0.314 e. The normalized spacial score (nSPS) is 15.9. The van der Waals surface area contributed by atoms with Crippen LogP contribution in [0.3, 0.4) is 0 Å². The number of hydrogen-bond acceptors (Lipinski definition) is 4. The van der Waals surface area contributed by atoms with Gasteiger partial charge >= 0.3 is 12.0 Å². The van der Waals surface area contributed by atoms with Crippen molar-refractivity contribution in [2.24, 2.45) is 0 Å². The molecule has 2 rings (SSSR count). The highest BCUT2D eigenvalue weighted by molar-refractivity contribution is 5.74. The summed E-state index contributed by atoms with van der Waals surface area (Å²) in [6.07, 6.45) is 2.13. The monoisotopic (exact) mass is 364 g/mol. The summed E-state index contributed by atoms with van der Waals surface area (Å²) in [4.78, 5) is 22.5. The van der Waals surface area contributed by atoms with Crippen molar-refractivity contribution in [3.05, 3.63) is 29.8 Å². The van der Waals surface area contributed by atoms with Crippen LogP contribution in [0.2, 0.25) is 0 Å². The summed E-state index contributed by atoms with van der Waals surface area (Å²) in [6, 6.07) is 7.77. The number of rotatable bonds is 9. The summed E-state index contributed by atoms with van der Waals surface area (Å²) in [6.45, 7) is 4.76. The van der Waals surface area contributed by atoms with E-state index >= 15 is 0 Å². The van der Waals surface area contributed by atoms with Gasteiger partial charge < -0.3 is 25.2 Å². The average Bonchev–Trinajstić information content (AvgIpc) is 2.65. The molecule has 0 radical (unpaired) electrons. The van der Waals surface area contributed by atoms with Crippen LogP contribution in [0.4, 0.5) is 4.79 Å². The molecule has 0 bridgehead atoms. The number of nitrogens with one attached hydrogen (secondary N) is 2. The minimum Gasteiger partial charge on any atom is -0.494 e. The van der Waals surface area contributed by atoms with E-state index in [1.165, 1.54) is 0 Å². The van der Waals surface area contributed by atoms with Crippen molar-refractivity contribution in [1.29, 1.82) is 0 Å². The number of carboxylic acid groups (broad SMARTS) is 1. The molecule has 3 N–H and O–H groups in total. The van der Waals surface area contributed by atoms with Crippen LogP contribution < -0.4 is 15.4 Å². The van der Waals surface area contributed by atoms with Gasteiger partial charge in [0.25, 0.3) is 0 Å². The van der Waals surface area contributed by atoms with Crippen molar-refractivity contribution in [1.82, 2.24) is 10.6 Å². The second-order valence-corrected chi connectivity index (χ2v) is 6.46. The van der Waals surface area contributed by atoms with Crippen molar-refractivity contribution in [2.45, 2.75) is 38.0 Å². The lowest BCUT2D eigenvalue weighted by Gasteiger charge is -2.38. The van der Waals surface area contributed by atoms with Crippen LogP contribution in [-0.4, -0.2) is 50.0 Å². The summed E-state index contributed by atoms with van der Waals surface area (Å²) >= 11 is 0. The molecule has 1 aromatic carbocycles. The lowest BCUT2D eigenvalue weighted by molar-refractivity contribution is -0.137. The third-order valence-electron chi connectivity index (χ3n) is 4.67. The van der Waals surface area contributed by atoms with Gasteiger partial charge in [-0.3, -0.25) is 4.79 Å². The van der Waals surface area contributed by atoms with E-state index in [9.17, 15) is 9.59 Å². The number of ether oxygens (including phenoxy) is 2. The maximum atomic E-state index is 12.0. The van der Waals surface area contributed by atoms with Gasteiger partial charge in [-0.15, -0.1) is 0 Å². The molecule has 7 nitrogen and oxygen atoms in total. The van der Waals surface area contributed by atoms with E-state index < -0.39 is 5.97 Å². The molecule has 0 aromatic heterocycles. The molecule has 2 amide bonds. The predicted molar refractivity (Wildman–Crippen MR) is 97.6 cm³/mol. The Kier molecular flexibility index (Phi) is 7.72. The van der Waals surface area contributed by atoms with Crippen LogP contribution in [0.1, 0.15) is 38.2 Å². The molecule has 144 valence electrons. The summed E-state index contributed by atoms with van der Waals surface area (Å²) in [7, 11) is 0. The fourth-order valence-corrected chi connectivity index (χ4v) is 3.15. The minimum absolute atomic E-state index is 0.0493. The first-order valence-electron chi connectivity index (χ1n) is 9.10. The summed E-state index contributed by atoms with van der Waals surface area (Å²) in [5, 5.41) is 14.3. The second-order valence-electron chi connectivity index (χ2n) is 6.46. The van der Waals surface area contributed by atoms with Crippen LogP contribution in [0, 0.1) is 0 Å². The van der Waals surface area contributed by atoms with Gasteiger partial charge in [0.1, 0.15) is 5.75 Å². The standard InChI is InChI=1S/C19H28N2O5/c1-2-26-16-7-5-15(6-8-16)19(9-12-25-13-10-19)14-21-18(24)20-11-3-4-17(22)23/h5-8H,2-4,9-14H2,1H3,(H,22,23)(H2,20,21,24). The summed E-state index contributed by atoms with van der Waals surface area (Å²) in [5.41, 5.74) is 0.997. The van der Waals surface area contributed by atoms with Gasteiger partial charge in [0.05, 0.1) is 6.61 Å². The maximum Gasteiger partial charge on any atom is 0.314 e. The lowest BCUT2D eigenvalue weighted by Crippen LogP contribution is -2.47. The van der Waals surface area contributed by atoms with Gasteiger partial charge in [-0.05, 0) is 43.9 Å². The molecular formula is C19H28N2O5. The van der Waals surface area contributed by atoms with E-state index in [2.05, 4.69) is 22.8 Å². The molecule has 26 heavy (non-hydrogen) atoms. The highest BCUT2D eigenvalue weighted by atomic mass is 16.5. The first-order valence-corrected chi connectivity index (χ1v) is 9.10. The zero-order valence-electron chi connectivity index (χ0n) is 15.3. The zero-order valence-corrected chi connectivity index (χ0v) is 15.3. The second kappa shape index (κ2) is 10.0. The molecule has 7 heteroatoms. The largest absolute Gasteiger partial charge is 0.494 e. The van der Waals surface area contributed by atoms with Crippen LogP contribution in [0.5, 0.6) is 5.75 Å². The number of urea groups is 1. The Balaban J connectivity index is 1.93. The molecule has 0 unspecified atom stereocenters. The third kappa shape index (κ3) is 5.91. The topological polar surface area (TPSA) is 96.9 Å². The first kappa shape index (κ1) is 20.0. The molecule has 1 saturated heterocycles. The Morgan fingerprint density at radius 3 is 2.50 bits per heavy atom. The number of hydrogen-bond donors (Lipinski definition) is 3. The molecular weight excluding hydrogens is 336 g/mol. The molecule has 1 heterocycles. The highest BCUT2D eigenvalue weighted by Crippen LogP contribution is 2.35. The number of carbonyl (C=O) groups excluding carboxylic acids is 1. The van der Waals surface area contributed by atoms with E-state index in [-0.39, 0.29) is 17.9 Å². The first-order chi connectivity index (χ1) is 12.6. The maximum absolute atomic E-state index is 12.0. The molecule has 1 fully saturated rings. The van der Waals surface area contributed by atoms with Crippen LogP contribution in [0.25, 0.3) is 0 Å². The predicted octanol–water partition coefficient (Wildman–Crippen LogP) is 2.30. The number of carboxylic acids is 1. The Hall–Kier alpha value is -2.28. The van der Waals surface area contributed by atoms with E-state index in [1.807, 2.05) is 19.1 Å². The number of amides is 2. The molecule has 0 spiro atoms. The van der Waals surface area contributed by atoms with Crippen molar-refractivity contribution in [3.63, 3.8) is 0 Å². The van der Waals surface area contributed by atoms with Crippen LogP contribution >= 0.6 is 0 Å². The molecule has 0 saturated carbocycles. The summed E-state index contributed by atoms with van der Waals surface area (Å²) < 4.78 is 11.0. The fraction of sp³-hybridized carbons (Fsp3) is 0.579. The Morgan fingerprint density at radius 2 is 1.88 bits per heavy atom. The number of benzene rings is 1. The Morgan fingerprint density at radius 1 is 1.19 bits per heavy atom. The van der Waals surface area contributed by atoms with Gasteiger partial charge in [-0.25, -0.2) is 4.79 Å². The lowest BCUT2D eigenvalue weighted by atomic mass is 9.74. The minimum atomic E-state index is -0.858. The summed E-state index contributed by atoms with van der Waals surface area (Å²) in [5.74, 6) is -0.0218. The van der Waals surface area contributed by atoms with Crippen molar-refractivity contribution in [2.75, 3.05) is 32.9 Å². The van der Waals surface area contributed by atoms with Gasteiger partial charge in [0.2, 0.25) is 0 Å². The molecule has 1 aliphatic heterocycles. The third-order valence-corrected chi connectivity index (χ3v) is 4.67. The van der Waals surface area contributed by atoms with E-state index in [1.54, 1.807) is 0 Å². The Labute approximate surface area is 154 Å². The number of carbonyl (C=O) groups is 2. The fourth-order valence-electron chi connectivity index (χ4n) is 3.15. The molecule has 1 aromatic rings. The van der Waals surface area contributed by atoms with Crippen molar-refractivity contribution in [3.8, 4) is 5.75 Å². The Bertz CT molecular complexity index is 582. The van der Waals surface area contributed by atoms with Crippen LogP contribution in [0.15, 0.2) is 24.3 Å². The SMILES string of the molecule is CCOc1ccc(C2(CNC(=O)NCCCC(=O)O)CCOCC2)cc1. The quantitative estimate of drug-likeness (QED) is 0.584. The van der Waals surface area contributed by atoms with E-state index in [0.29, 0.717) is 39.3 Å². The molecule has 1 aliphatic rings. The van der Waals surface area contributed by atoms with Gasteiger partial charge in [-0.1, -0.05) is 12.1 Å². The number of aliphatic carboxylic acids is 1. The van der Waals surface area contributed by atoms with Gasteiger partial charge in [-0.2, -0.15) is 0 Å². The van der Waals surface area contributed by atoms with Crippen molar-refractivity contribution >= 4 is 12.0 Å². The molecule has 0 aliphatic carbocycles. The zero-order chi connectivity index (χ0) is 18.8. The van der Waals surface area contributed by atoms with E-state index in [4.69, 9.17) is 14.6 Å². The van der Waals surface area contributed by atoms with Gasteiger partial charge in [0, 0.05) is 38.1 Å². The average molecular weight is 364 g/mol.